The van der Waals surface area contributed by atoms with Crippen molar-refractivity contribution < 1.29 is 9.53 Å². The molecule has 2 rings (SSSR count). The summed E-state index contributed by atoms with van der Waals surface area (Å²) < 4.78 is 5.19. The standard InChI is InChI=1S/C14H20N2O2/c1-14(2,3)18-13(17)16-9-10-4-5-11-6-7-15-12(11)8-10/h4-5,8,15H,6-7,9H2,1-3H3,(H,16,17). The average Bonchev–Trinajstić information content (AvgIpc) is 2.71. The molecule has 1 aliphatic heterocycles. The van der Waals surface area contributed by atoms with Crippen LogP contribution in [-0.2, 0) is 17.7 Å². The van der Waals surface area contributed by atoms with Gasteiger partial charge in [-0.1, -0.05) is 12.1 Å². The molecule has 0 saturated carbocycles. The number of benzene rings is 1. The monoisotopic (exact) mass is 248 g/mol. The zero-order chi connectivity index (χ0) is 13.2. The molecule has 0 fully saturated rings. The maximum atomic E-state index is 11.5. The molecule has 1 aromatic rings. The molecule has 2 N–H and O–H groups in total. The Hall–Kier alpha value is -1.71. The van der Waals surface area contributed by atoms with Gasteiger partial charge in [0.25, 0.3) is 0 Å². The van der Waals surface area contributed by atoms with Crippen LogP contribution >= 0.6 is 0 Å². The van der Waals surface area contributed by atoms with Crippen molar-refractivity contribution in [1.82, 2.24) is 5.32 Å². The number of alkyl carbamates (subject to hydrolysis) is 1. The molecule has 4 nitrogen and oxygen atoms in total. The topological polar surface area (TPSA) is 50.4 Å². The summed E-state index contributed by atoms with van der Waals surface area (Å²) in [6.07, 6.45) is 0.700. The second-order valence-electron chi connectivity index (χ2n) is 5.52. The Morgan fingerprint density at radius 3 is 2.94 bits per heavy atom. The third-order valence-corrected chi connectivity index (χ3v) is 2.72. The van der Waals surface area contributed by atoms with Crippen molar-refractivity contribution in [2.24, 2.45) is 0 Å². The van der Waals surface area contributed by atoms with E-state index in [1.54, 1.807) is 0 Å². The molecule has 0 atom stereocenters. The van der Waals surface area contributed by atoms with Crippen molar-refractivity contribution in [3.8, 4) is 0 Å². The molecular weight excluding hydrogens is 228 g/mol. The molecule has 1 amide bonds. The molecular formula is C14H20N2O2. The van der Waals surface area contributed by atoms with Gasteiger partial charge in [-0.3, -0.25) is 0 Å². The zero-order valence-corrected chi connectivity index (χ0v) is 11.2. The zero-order valence-electron chi connectivity index (χ0n) is 11.2. The van der Waals surface area contributed by atoms with Crippen molar-refractivity contribution in [3.63, 3.8) is 0 Å². The summed E-state index contributed by atoms with van der Waals surface area (Å²) in [4.78, 5) is 11.5. The fourth-order valence-corrected chi connectivity index (χ4v) is 1.94. The van der Waals surface area contributed by atoms with Gasteiger partial charge in [0.2, 0.25) is 0 Å². The lowest BCUT2D eigenvalue weighted by Gasteiger charge is -2.19. The minimum Gasteiger partial charge on any atom is -0.444 e. The summed E-state index contributed by atoms with van der Waals surface area (Å²) in [6, 6.07) is 6.24. The Bertz CT molecular complexity index is 450. The first-order chi connectivity index (χ1) is 8.44. The van der Waals surface area contributed by atoms with Gasteiger partial charge in [-0.25, -0.2) is 4.79 Å². The lowest BCUT2D eigenvalue weighted by molar-refractivity contribution is 0.0523. The third-order valence-electron chi connectivity index (χ3n) is 2.72. The summed E-state index contributed by atoms with van der Waals surface area (Å²) in [5, 5.41) is 6.08. The van der Waals surface area contributed by atoms with E-state index in [0.29, 0.717) is 6.54 Å². The van der Waals surface area contributed by atoms with Crippen LogP contribution in [0.2, 0.25) is 0 Å². The van der Waals surface area contributed by atoms with Gasteiger partial charge < -0.3 is 15.4 Å². The molecule has 4 heteroatoms. The smallest absolute Gasteiger partial charge is 0.407 e. The largest absolute Gasteiger partial charge is 0.444 e. The van der Waals surface area contributed by atoms with Crippen molar-refractivity contribution in [3.05, 3.63) is 29.3 Å². The number of carbonyl (C=O) groups is 1. The van der Waals surface area contributed by atoms with E-state index >= 15 is 0 Å². The highest BCUT2D eigenvalue weighted by atomic mass is 16.6. The predicted molar refractivity (Wildman–Crippen MR) is 71.7 cm³/mol. The Labute approximate surface area is 108 Å². The first-order valence-electron chi connectivity index (χ1n) is 6.26. The molecule has 98 valence electrons. The van der Waals surface area contributed by atoms with Gasteiger partial charge in [0.05, 0.1) is 0 Å². The van der Waals surface area contributed by atoms with Gasteiger partial charge in [0, 0.05) is 18.8 Å². The summed E-state index contributed by atoms with van der Waals surface area (Å²) in [6.45, 7) is 7.05. The molecule has 0 spiro atoms. The van der Waals surface area contributed by atoms with Crippen molar-refractivity contribution >= 4 is 11.8 Å². The second kappa shape index (κ2) is 4.88. The molecule has 0 aromatic heterocycles. The first-order valence-corrected chi connectivity index (χ1v) is 6.26. The fourth-order valence-electron chi connectivity index (χ4n) is 1.94. The van der Waals surface area contributed by atoms with E-state index in [2.05, 4.69) is 22.8 Å². The summed E-state index contributed by atoms with van der Waals surface area (Å²) in [5.41, 5.74) is 3.15. The van der Waals surface area contributed by atoms with Gasteiger partial charge in [0.1, 0.15) is 5.60 Å². The van der Waals surface area contributed by atoms with Crippen LogP contribution in [0.3, 0.4) is 0 Å². The van der Waals surface area contributed by atoms with Gasteiger partial charge in [-0.2, -0.15) is 0 Å². The third kappa shape index (κ3) is 3.39. The molecule has 0 radical (unpaired) electrons. The Morgan fingerprint density at radius 2 is 2.22 bits per heavy atom. The Morgan fingerprint density at radius 1 is 1.44 bits per heavy atom. The molecule has 1 aliphatic rings. The van der Waals surface area contributed by atoms with Gasteiger partial charge >= 0.3 is 6.09 Å². The quantitative estimate of drug-likeness (QED) is 0.846. The number of fused-ring (bicyclic) bond motifs is 1. The van der Waals surface area contributed by atoms with E-state index in [4.69, 9.17) is 4.74 Å². The number of anilines is 1. The minimum absolute atomic E-state index is 0.379. The second-order valence-corrected chi connectivity index (χ2v) is 5.52. The van der Waals surface area contributed by atoms with Crippen molar-refractivity contribution in [2.75, 3.05) is 11.9 Å². The highest BCUT2D eigenvalue weighted by Gasteiger charge is 2.16. The van der Waals surface area contributed by atoms with Crippen LogP contribution < -0.4 is 10.6 Å². The summed E-state index contributed by atoms with van der Waals surface area (Å²) in [7, 11) is 0. The number of hydrogen-bond donors (Lipinski definition) is 2. The van der Waals surface area contributed by atoms with Crippen LogP contribution in [0.25, 0.3) is 0 Å². The summed E-state index contributed by atoms with van der Waals surface area (Å²) >= 11 is 0. The van der Waals surface area contributed by atoms with E-state index in [0.717, 1.165) is 18.5 Å². The maximum absolute atomic E-state index is 11.5. The van der Waals surface area contributed by atoms with Crippen LogP contribution in [0.15, 0.2) is 18.2 Å². The molecule has 1 heterocycles. The van der Waals surface area contributed by atoms with E-state index in [-0.39, 0.29) is 6.09 Å². The number of ether oxygens (including phenoxy) is 1. The van der Waals surface area contributed by atoms with Crippen LogP contribution in [0.1, 0.15) is 31.9 Å². The van der Waals surface area contributed by atoms with E-state index in [1.807, 2.05) is 26.8 Å². The number of rotatable bonds is 2. The van der Waals surface area contributed by atoms with Crippen molar-refractivity contribution in [1.29, 1.82) is 0 Å². The van der Waals surface area contributed by atoms with Crippen LogP contribution in [0, 0.1) is 0 Å². The van der Waals surface area contributed by atoms with Crippen molar-refractivity contribution in [2.45, 2.75) is 39.3 Å². The molecule has 1 aromatic carbocycles. The van der Waals surface area contributed by atoms with Gasteiger partial charge in [-0.05, 0) is 44.4 Å². The van der Waals surface area contributed by atoms with E-state index in [9.17, 15) is 4.79 Å². The van der Waals surface area contributed by atoms with E-state index in [1.165, 1.54) is 11.3 Å². The first kappa shape index (κ1) is 12.7. The number of amides is 1. The lowest BCUT2D eigenvalue weighted by Crippen LogP contribution is -2.32. The van der Waals surface area contributed by atoms with Gasteiger partial charge in [0.15, 0.2) is 0 Å². The SMILES string of the molecule is CC(C)(C)OC(=O)NCc1ccc2c(c1)NCC2. The fraction of sp³-hybridized carbons (Fsp3) is 0.500. The molecule has 0 saturated heterocycles. The molecule has 0 aliphatic carbocycles. The molecule has 0 bridgehead atoms. The maximum Gasteiger partial charge on any atom is 0.407 e. The number of hydrogen-bond acceptors (Lipinski definition) is 3. The normalized spacial score (nSPS) is 13.7. The van der Waals surface area contributed by atoms with Crippen LogP contribution in [-0.4, -0.2) is 18.2 Å². The predicted octanol–water partition coefficient (Wildman–Crippen LogP) is 2.68. The Balaban J connectivity index is 1.89. The van der Waals surface area contributed by atoms with Crippen LogP contribution in [0.5, 0.6) is 0 Å². The minimum atomic E-state index is -0.455. The Kier molecular flexibility index (Phi) is 3.45. The highest BCUT2D eigenvalue weighted by molar-refractivity contribution is 5.68. The summed E-state index contributed by atoms with van der Waals surface area (Å²) in [5.74, 6) is 0. The van der Waals surface area contributed by atoms with Gasteiger partial charge in [-0.15, -0.1) is 0 Å². The highest BCUT2D eigenvalue weighted by Crippen LogP contribution is 2.23. The number of carbonyl (C=O) groups excluding carboxylic acids is 1. The average molecular weight is 248 g/mol. The van der Waals surface area contributed by atoms with E-state index < -0.39 is 5.60 Å². The molecule has 18 heavy (non-hydrogen) atoms. The lowest BCUT2D eigenvalue weighted by atomic mass is 10.1. The number of nitrogens with one attached hydrogen (secondary N) is 2. The molecule has 0 unspecified atom stereocenters. The van der Waals surface area contributed by atoms with Crippen LogP contribution in [0.4, 0.5) is 10.5 Å².